The van der Waals surface area contributed by atoms with Crippen molar-refractivity contribution >= 4 is 17.6 Å². The van der Waals surface area contributed by atoms with Gasteiger partial charge in [-0.15, -0.1) is 0 Å². The van der Waals surface area contributed by atoms with Crippen molar-refractivity contribution in [3.63, 3.8) is 0 Å². The summed E-state index contributed by atoms with van der Waals surface area (Å²) in [6.07, 6.45) is 0.839. The van der Waals surface area contributed by atoms with Crippen molar-refractivity contribution in [3.8, 4) is 0 Å². The Balaban J connectivity index is 2.02. The van der Waals surface area contributed by atoms with Crippen LogP contribution in [-0.4, -0.2) is 54.1 Å². The first kappa shape index (κ1) is 23.0. The molecule has 29 heavy (non-hydrogen) atoms. The number of carbonyl (C=O) groups is 3. The Kier molecular flexibility index (Phi) is 8.34. The third-order valence-electron chi connectivity index (χ3n) is 4.66. The zero-order valence-corrected chi connectivity index (χ0v) is 17.6. The predicted octanol–water partition coefficient (Wildman–Crippen LogP) is 1.47. The van der Waals surface area contributed by atoms with Gasteiger partial charge in [-0.3, -0.25) is 14.4 Å². The molecule has 0 aliphatic carbocycles. The van der Waals surface area contributed by atoms with Crippen LogP contribution in [0, 0.1) is 11.8 Å². The summed E-state index contributed by atoms with van der Waals surface area (Å²) in [6, 6.07) is 5.37. The predicted molar refractivity (Wildman–Crippen MR) is 109 cm³/mol. The number of hydrogen-bond donors (Lipinski definition) is 3. The molecular weight excluding hydrogens is 372 g/mol. The highest BCUT2D eigenvalue weighted by atomic mass is 16.6. The quantitative estimate of drug-likeness (QED) is 0.484. The van der Waals surface area contributed by atoms with E-state index in [1.807, 2.05) is 19.9 Å². The number of carbonyl (C=O) groups excluding carboxylic acids is 3. The van der Waals surface area contributed by atoms with E-state index in [1.54, 1.807) is 18.2 Å². The van der Waals surface area contributed by atoms with Crippen LogP contribution in [0.3, 0.4) is 0 Å². The van der Waals surface area contributed by atoms with Crippen molar-refractivity contribution in [2.75, 3.05) is 13.2 Å². The Morgan fingerprint density at radius 3 is 2.34 bits per heavy atom. The van der Waals surface area contributed by atoms with Gasteiger partial charge in [-0.1, -0.05) is 39.8 Å². The fourth-order valence-corrected chi connectivity index (χ4v) is 3.17. The van der Waals surface area contributed by atoms with Crippen molar-refractivity contribution in [3.05, 3.63) is 35.4 Å². The molecule has 0 radical (unpaired) electrons. The number of Topliss-reactive ketones (excluding diaryl/α,β-unsaturated/α-hetero) is 1. The standard InChI is InChI=1S/C22H32N2O5/c1-13(2)8-15-6-5-7-16(10-15)21(27)24-18(11-25)22(28)23-17(9-14(3)4)20(26)19-12-29-19/h5-7,10,13-14,17-19,25H,8-9,11-12H2,1-4H3,(H,23,28)(H,24,27)/t17?,18-,19+/m0/s1. The highest BCUT2D eigenvalue weighted by molar-refractivity contribution is 5.99. The van der Waals surface area contributed by atoms with Gasteiger partial charge in [0.05, 0.1) is 19.3 Å². The summed E-state index contributed by atoms with van der Waals surface area (Å²) in [5.74, 6) is -0.554. The van der Waals surface area contributed by atoms with Gasteiger partial charge in [-0.25, -0.2) is 0 Å². The monoisotopic (exact) mass is 404 g/mol. The van der Waals surface area contributed by atoms with Crippen LogP contribution < -0.4 is 10.6 Å². The summed E-state index contributed by atoms with van der Waals surface area (Å²) in [6.45, 7) is 7.91. The summed E-state index contributed by atoms with van der Waals surface area (Å²) in [5.41, 5.74) is 1.46. The molecule has 2 amide bonds. The van der Waals surface area contributed by atoms with Gasteiger partial charge in [0.2, 0.25) is 5.91 Å². The van der Waals surface area contributed by atoms with Gasteiger partial charge in [-0.05, 0) is 42.4 Å². The molecule has 1 aliphatic rings. The van der Waals surface area contributed by atoms with E-state index in [0.29, 0.717) is 24.5 Å². The molecule has 7 heteroatoms. The molecule has 1 aliphatic heterocycles. The second kappa shape index (κ2) is 10.5. The Labute approximate surface area is 172 Å². The van der Waals surface area contributed by atoms with E-state index in [9.17, 15) is 19.5 Å². The molecular formula is C22H32N2O5. The number of aliphatic hydroxyl groups excluding tert-OH is 1. The van der Waals surface area contributed by atoms with Crippen molar-refractivity contribution < 1.29 is 24.2 Å². The highest BCUT2D eigenvalue weighted by Crippen LogP contribution is 2.17. The summed E-state index contributed by atoms with van der Waals surface area (Å²) in [4.78, 5) is 37.6. The second-order valence-corrected chi connectivity index (χ2v) is 8.42. The van der Waals surface area contributed by atoms with E-state index < -0.39 is 36.6 Å². The van der Waals surface area contributed by atoms with Gasteiger partial charge >= 0.3 is 0 Å². The van der Waals surface area contributed by atoms with Crippen LogP contribution in [0.25, 0.3) is 0 Å². The SMILES string of the molecule is CC(C)Cc1cccc(C(=O)N[C@@H](CO)C(=O)NC(CC(C)C)C(=O)[C@H]2CO2)c1. The first-order valence-electron chi connectivity index (χ1n) is 10.2. The minimum atomic E-state index is -1.14. The fraction of sp³-hybridized carbons (Fsp3) is 0.591. The zero-order valence-electron chi connectivity index (χ0n) is 17.6. The van der Waals surface area contributed by atoms with Crippen LogP contribution in [0.15, 0.2) is 24.3 Å². The highest BCUT2D eigenvalue weighted by Gasteiger charge is 2.38. The van der Waals surface area contributed by atoms with Crippen molar-refractivity contribution in [1.82, 2.24) is 10.6 Å². The Morgan fingerprint density at radius 2 is 1.79 bits per heavy atom. The molecule has 3 N–H and O–H groups in total. The molecule has 1 aromatic rings. The van der Waals surface area contributed by atoms with E-state index in [2.05, 4.69) is 24.5 Å². The number of hydrogen-bond acceptors (Lipinski definition) is 5. The van der Waals surface area contributed by atoms with Crippen LogP contribution in [-0.2, 0) is 20.7 Å². The third-order valence-corrected chi connectivity index (χ3v) is 4.66. The van der Waals surface area contributed by atoms with E-state index in [0.717, 1.165) is 12.0 Å². The minimum absolute atomic E-state index is 0.170. The molecule has 3 atom stereocenters. The maximum atomic E-state index is 12.6. The molecule has 0 spiro atoms. The Bertz CT molecular complexity index is 728. The number of epoxide rings is 1. The number of rotatable bonds is 11. The fourth-order valence-electron chi connectivity index (χ4n) is 3.17. The lowest BCUT2D eigenvalue weighted by molar-refractivity contribution is -0.130. The second-order valence-electron chi connectivity index (χ2n) is 8.42. The van der Waals surface area contributed by atoms with Gasteiger partial charge in [0.25, 0.3) is 5.91 Å². The zero-order chi connectivity index (χ0) is 21.6. The van der Waals surface area contributed by atoms with E-state index in [4.69, 9.17) is 4.74 Å². The summed E-state index contributed by atoms with van der Waals surface area (Å²) < 4.78 is 5.04. The number of ketones is 1. The minimum Gasteiger partial charge on any atom is -0.394 e. The lowest BCUT2D eigenvalue weighted by Gasteiger charge is -2.22. The van der Waals surface area contributed by atoms with Crippen molar-refractivity contribution in [1.29, 1.82) is 0 Å². The molecule has 1 saturated heterocycles. The average molecular weight is 405 g/mol. The van der Waals surface area contributed by atoms with Gasteiger partial charge < -0.3 is 20.5 Å². The molecule has 1 fully saturated rings. The van der Waals surface area contributed by atoms with Gasteiger partial charge in [0, 0.05) is 5.56 Å². The lowest BCUT2D eigenvalue weighted by Crippen LogP contribution is -2.54. The molecule has 2 rings (SSSR count). The Hall–Kier alpha value is -2.25. The first-order chi connectivity index (χ1) is 13.7. The number of nitrogens with one attached hydrogen (secondary N) is 2. The average Bonchev–Trinajstić information content (AvgIpc) is 3.49. The van der Waals surface area contributed by atoms with Crippen molar-refractivity contribution in [2.24, 2.45) is 11.8 Å². The molecule has 1 heterocycles. The van der Waals surface area contributed by atoms with Crippen LogP contribution in [0.4, 0.5) is 0 Å². The first-order valence-corrected chi connectivity index (χ1v) is 10.2. The van der Waals surface area contributed by atoms with Crippen LogP contribution in [0.1, 0.15) is 50.0 Å². The van der Waals surface area contributed by atoms with E-state index in [-0.39, 0.29) is 11.7 Å². The smallest absolute Gasteiger partial charge is 0.252 e. The molecule has 0 aromatic heterocycles. The normalized spacial score (nSPS) is 17.7. The summed E-state index contributed by atoms with van der Waals surface area (Å²) >= 11 is 0. The summed E-state index contributed by atoms with van der Waals surface area (Å²) in [7, 11) is 0. The number of ether oxygens (including phenoxy) is 1. The molecule has 0 bridgehead atoms. The third kappa shape index (κ3) is 7.25. The van der Waals surface area contributed by atoms with Crippen molar-refractivity contribution in [2.45, 2.75) is 58.7 Å². The topological polar surface area (TPSA) is 108 Å². The van der Waals surface area contributed by atoms with Gasteiger partial charge in [0.1, 0.15) is 12.1 Å². The maximum absolute atomic E-state index is 12.6. The lowest BCUT2D eigenvalue weighted by atomic mass is 9.98. The molecule has 1 aromatic carbocycles. The molecule has 1 unspecified atom stereocenters. The van der Waals surface area contributed by atoms with Gasteiger partial charge in [0.15, 0.2) is 5.78 Å². The number of amides is 2. The molecule has 0 saturated carbocycles. The number of benzene rings is 1. The molecule has 7 nitrogen and oxygen atoms in total. The van der Waals surface area contributed by atoms with Gasteiger partial charge in [-0.2, -0.15) is 0 Å². The largest absolute Gasteiger partial charge is 0.394 e. The molecule has 160 valence electrons. The number of aliphatic hydroxyl groups is 1. The van der Waals surface area contributed by atoms with Crippen LogP contribution in [0.5, 0.6) is 0 Å². The van der Waals surface area contributed by atoms with Crippen LogP contribution >= 0.6 is 0 Å². The maximum Gasteiger partial charge on any atom is 0.252 e. The Morgan fingerprint density at radius 1 is 1.10 bits per heavy atom. The summed E-state index contributed by atoms with van der Waals surface area (Å²) in [5, 5.41) is 14.9. The van der Waals surface area contributed by atoms with Crippen LogP contribution in [0.2, 0.25) is 0 Å². The van der Waals surface area contributed by atoms with E-state index >= 15 is 0 Å². The van der Waals surface area contributed by atoms with E-state index in [1.165, 1.54) is 0 Å².